The van der Waals surface area contributed by atoms with Crippen molar-refractivity contribution in [1.29, 1.82) is 0 Å². The predicted molar refractivity (Wildman–Crippen MR) is 118 cm³/mol. The lowest BCUT2D eigenvalue weighted by atomic mass is 10.0. The summed E-state index contributed by atoms with van der Waals surface area (Å²) in [4.78, 5) is 30.9. The summed E-state index contributed by atoms with van der Waals surface area (Å²) in [6.07, 6.45) is 1.65. The van der Waals surface area contributed by atoms with E-state index in [1.165, 1.54) is 4.90 Å². The van der Waals surface area contributed by atoms with E-state index in [1.54, 1.807) is 37.3 Å². The Morgan fingerprint density at radius 3 is 2.34 bits per heavy atom. The van der Waals surface area contributed by atoms with Gasteiger partial charge in [-0.25, -0.2) is 9.79 Å². The smallest absolute Gasteiger partial charge is 0.338 e. The maximum Gasteiger partial charge on any atom is 0.338 e. The monoisotopic (exact) mass is 449 g/mol. The van der Waals surface area contributed by atoms with E-state index >= 15 is 0 Å². The highest BCUT2D eigenvalue weighted by Gasteiger charge is 2.38. The molecule has 0 saturated carbocycles. The number of cyclic esters (lactones) is 1. The quantitative estimate of drug-likeness (QED) is 0.171. The Bertz CT molecular complexity index is 807. The molecule has 176 valence electrons. The van der Waals surface area contributed by atoms with Gasteiger partial charge in [0, 0.05) is 6.54 Å². The highest BCUT2D eigenvalue weighted by atomic mass is 16.6. The van der Waals surface area contributed by atoms with Crippen molar-refractivity contribution in [2.24, 2.45) is 22.2 Å². The van der Waals surface area contributed by atoms with E-state index in [9.17, 15) is 9.59 Å². The second-order valence-corrected chi connectivity index (χ2v) is 6.79. The maximum atomic E-state index is 12.8. The van der Waals surface area contributed by atoms with Crippen LogP contribution in [0, 0.1) is 0 Å². The molecule has 11 nitrogen and oxygen atoms in total. The summed E-state index contributed by atoms with van der Waals surface area (Å²) in [6, 6.07) is 5.76. The van der Waals surface area contributed by atoms with Crippen molar-refractivity contribution in [3.05, 3.63) is 41.7 Å². The molecule has 1 aliphatic rings. The van der Waals surface area contributed by atoms with E-state index in [0.29, 0.717) is 50.0 Å². The third-order valence-electron chi connectivity index (χ3n) is 4.43. The van der Waals surface area contributed by atoms with Crippen molar-refractivity contribution in [2.45, 2.75) is 13.0 Å². The molecule has 1 aliphatic heterocycles. The molecule has 6 N–H and O–H groups in total. The molecular weight excluding hydrogens is 418 g/mol. The molecule has 1 amide bonds. The summed E-state index contributed by atoms with van der Waals surface area (Å²) in [5.74, 6) is -0.565. The maximum absolute atomic E-state index is 12.8. The fraction of sp³-hybridized carbons (Fsp3) is 0.476. The van der Waals surface area contributed by atoms with Crippen molar-refractivity contribution in [3.63, 3.8) is 0 Å². The van der Waals surface area contributed by atoms with Gasteiger partial charge in [-0.1, -0.05) is 12.1 Å². The first-order valence-electron chi connectivity index (χ1n) is 10.3. The summed E-state index contributed by atoms with van der Waals surface area (Å²) in [7, 11) is 0. The van der Waals surface area contributed by atoms with Crippen molar-refractivity contribution < 1.29 is 28.5 Å². The number of hydrogen-bond donors (Lipinski definition) is 3. The largest absolute Gasteiger partial charge is 0.428 e. The number of nitrogens with zero attached hydrogens (tertiary/aromatic N) is 2. The van der Waals surface area contributed by atoms with Gasteiger partial charge in [-0.15, -0.1) is 0 Å². The molecule has 1 aromatic carbocycles. The molecule has 1 fully saturated rings. The number of allylic oxidation sites excluding steroid dienone is 1. The first-order chi connectivity index (χ1) is 15.5. The third kappa shape index (κ3) is 7.93. The van der Waals surface area contributed by atoms with E-state index in [0.717, 1.165) is 0 Å². The first kappa shape index (κ1) is 25.3. The lowest BCUT2D eigenvalue weighted by Gasteiger charge is -2.35. The van der Waals surface area contributed by atoms with E-state index in [2.05, 4.69) is 4.99 Å². The Balaban J connectivity index is 1.95. The van der Waals surface area contributed by atoms with Gasteiger partial charge in [-0.2, -0.15) is 0 Å². The zero-order valence-electron chi connectivity index (χ0n) is 18.2. The van der Waals surface area contributed by atoms with Gasteiger partial charge in [0.1, 0.15) is 12.4 Å². The fourth-order valence-electron chi connectivity index (χ4n) is 2.95. The molecule has 11 heteroatoms. The van der Waals surface area contributed by atoms with E-state index in [4.69, 9.17) is 36.1 Å². The Kier molecular flexibility index (Phi) is 10.6. The summed E-state index contributed by atoms with van der Waals surface area (Å²) in [6.45, 7) is 4.05. The summed E-state index contributed by atoms with van der Waals surface area (Å²) < 4.78 is 21.3. The zero-order chi connectivity index (χ0) is 23.3. The molecule has 0 bridgehead atoms. The highest BCUT2D eigenvalue weighted by molar-refractivity contribution is 5.88. The minimum absolute atomic E-state index is 0.0754. The predicted octanol–water partition coefficient (Wildman–Crippen LogP) is -0.0697. The van der Waals surface area contributed by atoms with Crippen LogP contribution in [-0.4, -0.2) is 75.5 Å². The van der Waals surface area contributed by atoms with Crippen LogP contribution in [0.1, 0.15) is 18.5 Å². The van der Waals surface area contributed by atoms with Crippen LogP contribution in [0.15, 0.2) is 41.1 Å². The number of carbonyl (C=O) groups excluding carboxylic acids is 2. The lowest BCUT2D eigenvalue weighted by molar-refractivity contribution is -0.160. The third-order valence-corrected chi connectivity index (χ3v) is 4.43. The van der Waals surface area contributed by atoms with Crippen molar-refractivity contribution in [2.75, 3.05) is 52.7 Å². The first-order valence-corrected chi connectivity index (χ1v) is 10.3. The normalized spacial score (nSPS) is 17.3. The van der Waals surface area contributed by atoms with Crippen LogP contribution in [0.2, 0.25) is 0 Å². The number of rotatable bonds is 12. The van der Waals surface area contributed by atoms with E-state index in [-0.39, 0.29) is 31.6 Å². The number of morpholine rings is 1. The van der Waals surface area contributed by atoms with Crippen LogP contribution in [0.4, 0.5) is 5.69 Å². The SMILES string of the molecule is CC=C1CN(C(=O)COCCOCCOCCN)C(c2ccc(N=C(N)N)cc2)C(=O)O1. The number of guanidine groups is 1. The van der Waals surface area contributed by atoms with Gasteiger partial charge < -0.3 is 41.0 Å². The molecule has 1 saturated heterocycles. The molecule has 0 spiro atoms. The van der Waals surface area contributed by atoms with Gasteiger partial charge in [-0.05, 0) is 30.7 Å². The molecule has 1 unspecified atom stereocenters. The Morgan fingerprint density at radius 1 is 1.12 bits per heavy atom. The molecule has 0 aromatic heterocycles. The molecule has 1 heterocycles. The molecule has 1 aromatic rings. The summed E-state index contributed by atoms with van der Waals surface area (Å²) in [5, 5.41) is 0. The zero-order valence-corrected chi connectivity index (χ0v) is 18.2. The van der Waals surface area contributed by atoms with Crippen LogP contribution < -0.4 is 17.2 Å². The second kappa shape index (κ2) is 13.4. The van der Waals surface area contributed by atoms with Crippen LogP contribution in [-0.2, 0) is 28.5 Å². The molecule has 0 aliphatic carbocycles. The minimum atomic E-state index is -0.904. The Hall–Kier alpha value is -2.99. The number of carbonyl (C=O) groups is 2. The number of benzene rings is 1. The van der Waals surface area contributed by atoms with Gasteiger partial charge in [0.2, 0.25) is 5.91 Å². The van der Waals surface area contributed by atoms with E-state index in [1.807, 2.05) is 0 Å². The highest BCUT2D eigenvalue weighted by Crippen LogP contribution is 2.30. The number of aliphatic imine (C=N–C) groups is 1. The van der Waals surface area contributed by atoms with Crippen molar-refractivity contribution >= 4 is 23.5 Å². The lowest BCUT2D eigenvalue weighted by Crippen LogP contribution is -2.46. The Labute approximate surface area is 187 Å². The van der Waals surface area contributed by atoms with Gasteiger partial charge in [0.25, 0.3) is 0 Å². The average Bonchev–Trinajstić information content (AvgIpc) is 2.77. The van der Waals surface area contributed by atoms with Crippen LogP contribution >= 0.6 is 0 Å². The van der Waals surface area contributed by atoms with Crippen LogP contribution in [0.25, 0.3) is 0 Å². The van der Waals surface area contributed by atoms with E-state index < -0.39 is 12.0 Å². The summed E-state index contributed by atoms with van der Waals surface area (Å²) >= 11 is 0. The summed E-state index contributed by atoms with van der Waals surface area (Å²) in [5.41, 5.74) is 17.2. The fourth-order valence-corrected chi connectivity index (χ4v) is 2.95. The Morgan fingerprint density at radius 2 is 1.75 bits per heavy atom. The van der Waals surface area contributed by atoms with Gasteiger partial charge in [0.05, 0.1) is 45.3 Å². The van der Waals surface area contributed by atoms with Crippen molar-refractivity contribution in [3.8, 4) is 0 Å². The number of ether oxygens (including phenoxy) is 4. The number of nitrogens with two attached hydrogens (primary N) is 3. The number of amides is 1. The van der Waals surface area contributed by atoms with Gasteiger partial charge in [-0.3, -0.25) is 4.79 Å². The molecule has 2 rings (SSSR count). The minimum Gasteiger partial charge on any atom is -0.428 e. The van der Waals surface area contributed by atoms with Gasteiger partial charge >= 0.3 is 5.97 Å². The van der Waals surface area contributed by atoms with Crippen LogP contribution in [0.3, 0.4) is 0 Å². The molecule has 1 atom stereocenters. The number of esters is 1. The standard InChI is InChI=1S/C21H31N5O6/c1-2-17-13-26(18(27)14-31-12-11-30-10-9-29-8-7-22)19(20(28)32-17)15-3-5-16(6-4-15)25-21(23)24/h2-6,19H,7-14,22H2,1H3,(H4,23,24,25). The molecule has 0 radical (unpaired) electrons. The van der Waals surface area contributed by atoms with Crippen molar-refractivity contribution in [1.82, 2.24) is 4.90 Å². The average molecular weight is 450 g/mol. The molecule has 32 heavy (non-hydrogen) atoms. The molecular formula is C21H31N5O6. The van der Waals surface area contributed by atoms with Gasteiger partial charge in [0.15, 0.2) is 12.0 Å². The second-order valence-electron chi connectivity index (χ2n) is 6.79. The number of hydrogen-bond acceptors (Lipinski definition) is 8. The van der Waals surface area contributed by atoms with Crippen LogP contribution in [0.5, 0.6) is 0 Å². The topological polar surface area (TPSA) is 165 Å².